The van der Waals surface area contributed by atoms with E-state index in [0.717, 1.165) is 58.2 Å². The van der Waals surface area contributed by atoms with E-state index in [1.165, 1.54) is 5.56 Å². The smallest absolute Gasteiger partial charge is 0.415 e. The molecule has 9 heteroatoms. The van der Waals surface area contributed by atoms with Crippen LogP contribution in [0.15, 0.2) is 109 Å². The fraction of sp³-hybridized carbons (Fsp3) is 0.341. The largest absolute Gasteiger partial charge is 0.496 e. The predicted octanol–water partition coefficient (Wildman–Crippen LogP) is 7.68. The number of hydrogen-bond acceptors (Lipinski definition) is 8. The number of rotatable bonds is 16. The lowest BCUT2D eigenvalue weighted by Gasteiger charge is -2.43. The Balaban J connectivity index is 1.14. The van der Waals surface area contributed by atoms with Gasteiger partial charge in [-0.3, -0.25) is 0 Å². The topological polar surface area (TPSA) is 107 Å². The van der Waals surface area contributed by atoms with Crippen molar-refractivity contribution in [3.63, 3.8) is 0 Å². The Labute approximate surface area is 311 Å². The minimum absolute atomic E-state index is 0.130. The summed E-state index contributed by atoms with van der Waals surface area (Å²) in [4.78, 5) is 15.1. The molecule has 0 spiro atoms. The van der Waals surface area contributed by atoms with E-state index >= 15 is 0 Å². The molecule has 1 heterocycles. The van der Waals surface area contributed by atoms with Gasteiger partial charge in [0, 0.05) is 42.5 Å². The van der Waals surface area contributed by atoms with Crippen LogP contribution in [0.5, 0.6) is 17.2 Å². The summed E-state index contributed by atoms with van der Waals surface area (Å²) in [6.45, 7) is 1.78. The van der Waals surface area contributed by atoms with Crippen LogP contribution in [0.25, 0.3) is 10.8 Å². The first kappa shape index (κ1) is 37.8. The van der Waals surface area contributed by atoms with Crippen LogP contribution in [0.2, 0.25) is 0 Å². The van der Waals surface area contributed by atoms with E-state index in [4.69, 9.17) is 23.7 Å². The number of likely N-dealkylation sites (tertiary alicyclic amines) is 1. The van der Waals surface area contributed by atoms with Crippen LogP contribution < -0.4 is 14.2 Å². The monoisotopic (exact) mass is 719 g/mol. The minimum atomic E-state index is -0.528. The zero-order valence-corrected chi connectivity index (χ0v) is 30.5. The fourth-order valence-corrected chi connectivity index (χ4v) is 7.18. The minimum Gasteiger partial charge on any atom is -0.496 e. The van der Waals surface area contributed by atoms with Gasteiger partial charge >= 0.3 is 6.09 Å². The lowest BCUT2D eigenvalue weighted by molar-refractivity contribution is -0.0474. The molecule has 0 radical (unpaired) electrons. The molecular weight excluding hydrogens is 670 g/mol. The number of nitrogens with zero attached hydrogens (tertiary/aromatic N) is 1. The SMILES string of the molecule is COc1ccccc1COCCCCc1ccc(C2C(CO)CN(C(=O)Oc3cccc(CO)c3)CC2OCc2cc(OC)c3ccccc3c2)cc1. The van der Waals surface area contributed by atoms with Crippen molar-refractivity contribution in [2.24, 2.45) is 5.92 Å². The molecule has 0 aliphatic carbocycles. The molecule has 1 fully saturated rings. The standard InChI is InChI=1S/C44H49NO8/c1-49-40-16-6-4-13-36(40)30-51-21-8-7-10-31-17-19-34(20-18-31)43-37(28-47)25-45(44(48)53-38-14-9-11-32(23-38)27-46)26-42(43)52-29-33-22-35-12-3-5-15-39(35)41(24-33)50-2/h3-6,9,11-20,22-24,37,42-43,46-47H,7-8,10,21,25-30H2,1-2H3. The van der Waals surface area contributed by atoms with Crippen molar-refractivity contribution in [1.29, 1.82) is 0 Å². The van der Waals surface area contributed by atoms with Crippen LogP contribution in [0.4, 0.5) is 4.79 Å². The molecule has 9 nitrogen and oxygen atoms in total. The van der Waals surface area contributed by atoms with Crippen molar-refractivity contribution in [3.8, 4) is 17.2 Å². The molecule has 3 atom stereocenters. The van der Waals surface area contributed by atoms with Crippen LogP contribution >= 0.6 is 0 Å². The number of fused-ring (bicyclic) bond motifs is 1. The Morgan fingerprint density at radius 1 is 0.755 bits per heavy atom. The number of benzene rings is 5. The van der Waals surface area contributed by atoms with E-state index in [1.807, 2.05) is 54.6 Å². The van der Waals surface area contributed by atoms with E-state index in [1.54, 1.807) is 43.4 Å². The number of unbranched alkanes of at least 4 members (excludes halogenated alkanes) is 1. The van der Waals surface area contributed by atoms with Crippen LogP contribution in [-0.2, 0) is 35.7 Å². The second kappa shape index (κ2) is 18.7. The average molecular weight is 720 g/mol. The van der Waals surface area contributed by atoms with Gasteiger partial charge in [-0.25, -0.2) is 4.79 Å². The number of ether oxygens (including phenoxy) is 5. The van der Waals surface area contributed by atoms with Gasteiger partial charge in [-0.05, 0) is 77.2 Å². The fourth-order valence-electron chi connectivity index (χ4n) is 7.18. The lowest BCUT2D eigenvalue weighted by Crippen LogP contribution is -2.53. The Morgan fingerprint density at radius 2 is 1.55 bits per heavy atom. The van der Waals surface area contributed by atoms with E-state index in [9.17, 15) is 15.0 Å². The van der Waals surface area contributed by atoms with Gasteiger partial charge in [0.05, 0.1) is 46.7 Å². The van der Waals surface area contributed by atoms with Gasteiger partial charge in [0.2, 0.25) is 0 Å². The van der Waals surface area contributed by atoms with Crippen molar-refractivity contribution in [1.82, 2.24) is 4.90 Å². The molecule has 1 amide bonds. The molecule has 3 unspecified atom stereocenters. The van der Waals surface area contributed by atoms with Gasteiger partial charge in [-0.1, -0.05) is 78.9 Å². The molecule has 1 saturated heterocycles. The number of aryl methyl sites for hydroxylation is 1. The lowest BCUT2D eigenvalue weighted by atomic mass is 9.78. The Hall–Kier alpha value is -4.93. The molecule has 1 aliphatic rings. The molecule has 278 valence electrons. The van der Waals surface area contributed by atoms with E-state index in [0.29, 0.717) is 37.7 Å². The number of aliphatic hydroxyl groups excluding tert-OH is 2. The third-order valence-corrected chi connectivity index (χ3v) is 9.93. The summed E-state index contributed by atoms with van der Waals surface area (Å²) in [6, 6.07) is 35.4. The summed E-state index contributed by atoms with van der Waals surface area (Å²) in [5, 5.41) is 22.3. The summed E-state index contributed by atoms with van der Waals surface area (Å²) in [6.07, 6.45) is 1.90. The molecule has 5 aromatic rings. The first-order chi connectivity index (χ1) is 26.0. The van der Waals surface area contributed by atoms with Gasteiger partial charge in [0.25, 0.3) is 0 Å². The van der Waals surface area contributed by atoms with E-state index in [2.05, 4.69) is 30.3 Å². The molecular formula is C44H49NO8. The summed E-state index contributed by atoms with van der Waals surface area (Å²) < 4.78 is 29.5. The molecule has 53 heavy (non-hydrogen) atoms. The van der Waals surface area contributed by atoms with Crippen LogP contribution in [0.1, 0.15) is 46.6 Å². The van der Waals surface area contributed by atoms with E-state index < -0.39 is 12.2 Å². The molecule has 5 aromatic carbocycles. The highest BCUT2D eigenvalue weighted by Crippen LogP contribution is 2.37. The zero-order chi connectivity index (χ0) is 37.0. The number of para-hydroxylation sites is 1. The number of carbonyl (C=O) groups is 1. The molecule has 6 rings (SSSR count). The van der Waals surface area contributed by atoms with Crippen LogP contribution in [-0.4, -0.2) is 67.8 Å². The number of aliphatic hydroxyl groups is 2. The third-order valence-electron chi connectivity index (χ3n) is 9.93. The van der Waals surface area contributed by atoms with Crippen LogP contribution in [0, 0.1) is 5.92 Å². The van der Waals surface area contributed by atoms with Crippen molar-refractivity contribution in [3.05, 3.63) is 137 Å². The van der Waals surface area contributed by atoms with Gasteiger partial charge in [-0.15, -0.1) is 0 Å². The maximum atomic E-state index is 13.5. The number of amides is 1. The van der Waals surface area contributed by atoms with Gasteiger partial charge in [-0.2, -0.15) is 0 Å². The summed E-state index contributed by atoms with van der Waals surface area (Å²) >= 11 is 0. The summed E-state index contributed by atoms with van der Waals surface area (Å²) in [7, 11) is 3.34. The summed E-state index contributed by atoms with van der Waals surface area (Å²) in [5.41, 5.74) is 4.92. The number of methoxy groups -OCH3 is 2. The maximum Gasteiger partial charge on any atom is 0.415 e. The quantitative estimate of drug-likeness (QED) is 0.100. The molecule has 0 aromatic heterocycles. The van der Waals surface area contributed by atoms with Crippen molar-refractivity contribution < 1.29 is 38.7 Å². The zero-order valence-electron chi connectivity index (χ0n) is 30.5. The highest BCUT2D eigenvalue weighted by Gasteiger charge is 2.40. The number of carbonyl (C=O) groups excluding carboxylic acids is 1. The van der Waals surface area contributed by atoms with Crippen LogP contribution in [0.3, 0.4) is 0 Å². The predicted molar refractivity (Wildman–Crippen MR) is 204 cm³/mol. The summed E-state index contributed by atoms with van der Waals surface area (Å²) in [5.74, 6) is 1.50. The van der Waals surface area contributed by atoms with Crippen molar-refractivity contribution >= 4 is 16.9 Å². The molecule has 1 aliphatic heterocycles. The Kier molecular flexibility index (Phi) is 13.4. The van der Waals surface area contributed by atoms with Gasteiger partial charge in [0.15, 0.2) is 0 Å². The normalized spacial score (nSPS) is 17.1. The second-order valence-corrected chi connectivity index (χ2v) is 13.5. The molecule has 0 saturated carbocycles. The van der Waals surface area contributed by atoms with Crippen molar-refractivity contribution in [2.45, 2.75) is 51.1 Å². The first-order valence-electron chi connectivity index (χ1n) is 18.2. The second-order valence-electron chi connectivity index (χ2n) is 13.5. The Bertz CT molecular complexity index is 1930. The molecule has 2 N–H and O–H groups in total. The highest BCUT2D eigenvalue weighted by molar-refractivity contribution is 5.89. The van der Waals surface area contributed by atoms with E-state index in [-0.39, 0.29) is 31.6 Å². The third kappa shape index (κ3) is 9.74. The number of piperidine rings is 1. The maximum absolute atomic E-state index is 13.5. The van der Waals surface area contributed by atoms with Crippen molar-refractivity contribution in [2.75, 3.05) is 40.5 Å². The molecule has 0 bridgehead atoms. The number of hydrogen-bond donors (Lipinski definition) is 2. The average Bonchev–Trinajstić information content (AvgIpc) is 3.21. The highest BCUT2D eigenvalue weighted by atomic mass is 16.6. The first-order valence-corrected chi connectivity index (χ1v) is 18.2. The van der Waals surface area contributed by atoms with Gasteiger partial charge in [0.1, 0.15) is 17.2 Å². The Morgan fingerprint density at radius 3 is 2.34 bits per heavy atom. The van der Waals surface area contributed by atoms with Gasteiger partial charge < -0.3 is 38.8 Å².